The second-order valence-electron chi connectivity index (χ2n) is 6.29. The number of ether oxygens (including phenoxy) is 1. The first-order valence-corrected chi connectivity index (χ1v) is 9.60. The van der Waals surface area contributed by atoms with Crippen LogP contribution in [-0.2, 0) is 9.53 Å². The predicted molar refractivity (Wildman–Crippen MR) is 105 cm³/mol. The zero-order valence-corrected chi connectivity index (χ0v) is 15.1. The molecular weight excluding hydrogens is 346 g/mol. The summed E-state index contributed by atoms with van der Waals surface area (Å²) in [5.41, 5.74) is 9.35. The average Bonchev–Trinajstić information content (AvgIpc) is 3.15. The van der Waals surface area contributed by atoms with Crippen molar-refractivity contribution in [3.63, 3.8) is 0 Å². The lowest BCUT2D eigenvalue weighted by atomic mass is 10.1. The number of anilines is 1. The van der Waals surface area contributed by atoms with Crippen molar-refractivity contribution in [1.82, 2.24) is 5.32 Å². The van der Waals surface area contributed by atoms with Gasteiger partial charge in [-0.1, -0.05) is 42.5 Å². The Morgan fingerprint density at radius 2 is 1.88 bits per heavy atom. The molecule has 1 fully saturated rings. The van der Waals surface area contributed by atoms with Gasteiger partial charge in [0, 0.05) is 24.2 Å². The molecule has 0 aromatic heterocycles. The largest absolute Gasteiger partial charge is 0.371 e. The first-order chi connectivity index (χ1) is 12.7. The Labute approximate surface area is 157 Å². The molecule has 0 aliphatic carbocycles. The van der Waals surface area contributed by atoms with E-state index >= 15 is 0 Å². The van der Waals surface area contributed by atoms with E-state index in [9.17, 15) is 4.79 Å². The van der Waals surface area contributed by atoms with Crippen molar-refractivity contribution in [3.05, 3.63) is 76.8 Å². The van der Waals surface area contributed by atoms with Crippen molar-refractivity contribution in [1.29, 1.82) is 0 Å². The number of carbonyl (C=O) groups is 1. The number of carbonyl (C=O) groups excluding carboxylic acids is 1. The number of rotatable bonds is 4. The molecule has 4 rings (SSSR count). The molecule has 2 aromatic rings. The van der Waals surface area contributed by atoms with Crippen molar-refractivity contribution in [2.75, 3.05) is 24.6 Å². The van der Waals surface area contributed by atoms with Gasteiger partial charge in [-0.05, 0) is 23.3 Å². The summed E-state index contributed by atoms with van der Waals surface area (Å²) < 4.78 is 5.81. The summed E-state index contributed by atoms with van der Waals surface area (Å²) in [5, 5.41) is 5.19. The fourth-order valence-electron chi connectivity index (χ4n) is 3.30. The van der Waals surface area contributed by atoms with Gasteiger partial charge in [0.2, 0.25) is 0 Å². The van der Waals surface area contributed by atoms with E-state index in [1.165, 1.54) is 0 Å². The monoisotopic (exact) mass is 367 g/mol. The van der Waals surface area contributed by atoms with Crippen molar-refractivity contribution in [2.24, 2.45) is 5.73 Å². The molecule has 2 heterocycles. The third-order valence-corrected chi connectivity index (χ3v) is 5.71. The van der Waals surface area contributed by atoms with Crippen LogP contribution in [0.25, 0.3) is 0 Å². The van der Waals surface area contributed by atoms with Crippen LogP contribution in [0.4, 0.5) is 5.69 Å². The Bertz CT molecular complexity index is 802. The molecule has 0 spiro atoms. The minimum atomic E-state index is -0.417. The standard InChI is InChI=1S/C20H21N3O2S/c21-19(24)17-13-26-20(15-4-2-1-3-5-15)23(17)16-8-6-14(7-9-16)18-12-22-10-11-25-18/h1-9,13,18,20,22H,10-12H2,(H2,21,24). The molecule has 3 N–H and O–H groups in total. The number of amides is 1. The lowest BCUT2D eigenvalue weighted by Gasteiger charge is -2.29. The number of nitrogens with two attached hydrogens (primary N) is 1. The lowest BCUT2D eigenvalue weighted by molar-refractivity contribution is -0.114. The molecule has 2 aliphatic rings. The fraction of sp³-hybridized carbons (Fsp3) is 0.250. The normalized spacial score (nSPS) is 22.9. The van der Waals surface area contributed by atoms with E-state index < -0.39 is 5.91 Å². The second kappa shape index (κ2) is 7.53. The molecular formula is C20H21N3O2S. The Hall–Kier alpha value is -2.28. The van der Waals surface area contributed by atoms with Gasteiger partial charge in [0.1, 0.15) is 11.1 Å². The number of primary amides is 1. The number of thioether (sulfide) groups is 1. The molecule has 2 aliphatic heterocycles. The molecule has 5 nitrogen and oxygen atoms in total. The van der Waals surface area contributed by atoms with Crippen molar-refractivity contribution in [3.8, 4) is 0 Å². The molecule has 2 aromatic carbocycles. The zero-order valence-electron chi connectivity index (χ0n) is 14.3. The van der Waals surface area contributed by atoms with Crippen LogP contribution in [0.5, 0.6) is 0 Å². The van der Waals surface area contributed by atoms with Gasteiger partial charge >= 0.3 is 0 Å². The SMILES string of the molecule is NC(=O)C1=CSC(c2ccccc2)N1c1ccc(C2CNCCO2)cc1. The number of hydrogen-bond acceptors (Lipinski definition) is 5. The van der Waals surface area contributed by atoms with E-state index in [1.807, 2.05) is 40.6 Å². The second-order valence-corrected chi connectivity index (χ2v) is 7.25. The smallest absolute Gasteiger partial charge is 0.265 e. The fourth-order valence-corrected chi connectivity index (χ4v) is 4.46. The number of nitrogens with zero attached hydrogens (tertiary/aromatic N) is 1. The van der Waals surface area contributed by atoms with Gasteiger partial charge in [-0.3, -0.25) is 4.79 Å². The quantitative estimate of drug-likeness (QED) is 0.870. The summed E-state index contributed by atoms with van der Waals surface area (Å²) in [5.74, 6) is -0.417. The molecule has 1 amide bonds. The van der Waals surface area contributed by atoms with Crippen LogP contribution in [0.1, 0.15) is 22.6 Å². The molecule has 1 saturated heterocycles. The van der Waals surface area contributed by atoms with E-state index in [0.29, 0.717) is 5.70 Å². The highest BCUT2D eigenvalue weighted by Gasteiger charge is 2.32. The summed E-state index contributed by atoms with van der Waals surface area (Å²) in [7, 11) is 0. The predicted octanol–water partition coefficient (Wildman–Crippen LogP) is 2.93. The van der Waals surface area contributed by atoms with Crippen LogP contribution in [0, 0.1) is 0 Å². The number of nitrogens with one attached hydrogen (secondary N) is 1. The minimum Gasteiger partial charge on any atom is -0.371 e. The lowest BCUT2D eigenvalue weighted by Crippen LogP contribution is -2.33. The first-order valence-electron chi connectivity index (χ1n) is 8.66. The highest BCUT2D eigenvalue weighted by molar-refractivity contribution is 8.02. The van der Waals surface area contributed by atoms with Gasteiger partial charge in [-0.15, -0.1) is 11.8 Å². The summed E-state index contributed by atoms with van der Waals surface area (Å²) >= 11 is 1.60. The third-order valence-electron chi connectivity index (χ3n) is 4.61. The molecule has 0 radical (unpaired) electrons. The van der Waals surface area contributed by atoms with Gasteiger partial charge in [-0.25, -0.2) is 0 Å². The van der Waals surface area contributed by atoms with Gasteiger partial charge in [0.05, 0.1) is 12.7 Å². The average molecular weight is 367 g/mol. The highest BCUT2D eigenvalue weighted by Crippen LogP contribution is 2.45. The molecule has 0 bridgehead atoms. The van der Waals surface area contributed by atoms with Crippen LogP contribution in [0.3, 0.4) is 0 Å². The Balaban J connectivity index is 1.63. The molecule has 134 valence electrons. The Morgan fingerprint density at radius 3 is 2.54 bits per heavy atom. The summed E-state index contributed by atoms with van der Waals surface area (Å²) in [6, 6.07) is 18.3. The molecule has 6 heteroatoms. The molecule has 26 heavy (non-hydrogen) atoms. The van der Waals surface area contributed by atoms with Crippen LogP contribution >= 0.6 is 11.8 Å². The van der Waals surface area contributed by atoms with Crippen molar-refractivity contribution in [2.45, 2.75) is 11.5 Å². The van der Waals surface area contributed by atoms with Gasteiger partial charge in [0.25, 0.3) is 5.91 Å². The molecule has 0 saturated carbocycles. The van der Waals surface area contributed by atoms with Crippen molar-refractivity contribution < 1.29 is 9.53 Å². The molecule has 2 atom stereocenters. The first kappa shape index (κ1) is 17.1. The Morgan fingerprint density at radius 1 is 1.12 bits per heavy atom. The van der Waals surface area contributed by atoms with E-state index in [4.69, 9.17) is 10.5 Å². The van der Waals surface area contributed by atoms with E-state index in [-0.39, 0.29) is 11.5 Å². The van der Waals surface area contributed by atoms with E-state index in [2.05, 4.69) is 29.6 Å². The summed E-state index contributed by atoms with van der Waals surface area (Å²) in [4.78, 5) is 14.0. The van der Waals surface area contributed by atoms with Crippen LogP contribution in [-0.4, -0.2) is 25.6 Å². The Kier molecular flexibility index (Phi) is 4.97. The van der Waals surface area contributed by atoms with E-state index in [1.54, 1.807) is 11.8 Å². The summed E-state index contributed by atoms with van der Waals surface area (Å²) in [6.45, 7) is 2.43. The van der Waals surface area contributed by atoms with Gasteiger partial charge in [0.15, 0.2) is 0 Å². The maximum Gasteiger partial charge on any atom is 0.265 e. The maximum atomic E-state index is 11.9. The number of morpholine rings is 1. The number of hydrogen-bond donors (Lipinski definition) is 2. The zero-order chi connectivity index (χ0) is 17.9. The highest BCUT2D eigenvalue weighted by atomic mass is 32.2. The van der Waals surface area contributed by atoms with Crippen LogP contribution in [0.15, 0.2) is 65.7 Å². The minimum absolute atomic E-state index is 0.00264. The maximum absolute atomic E-state index is 11.9. The topological polar surface area (TPSA) is 67.6 Å². The summed E-state index contributed by atoms with van der Waals surface area (Å²) in [6.07, 6.45) is 0.0711. The van der Waals surface area contributed by atoms with Gasteiger partial charge in [-0.2, -0.15) is 0 Å². The third kappa shape index (κ3) is 3.35. The van der Waals surface area contributed by atoms with Crippen LogP contribution in [0.2, 0.25) is 0 Å². The van der Waals surface area contributed by atoms with E-state index in [0.717, 1.165) is 36.5 Å². The van der Waals surface area contributed by atoms with Crippen molar-refractivity contribution >= 4 is 23.4 Å². The molecule has 2 unspecified atom stereocenters. The van der Waals surface area contributed by atoms with Gasteiger partial charge < -0.3 is 20.7 Å². The number of benzene rings is 2. The van der Waals surface area contributed by atoms with Crippen LogP contribution < -0.4 is 16.0 Å².